The van der Waals surface area contributed by atoms with Crippen LogP contribution >= 0.6 is 0 Å². The third-order valence-electron chi connectivity index (χ3n) is 5.10. The van der Waals surface area contributed by atoms with Crippen LogP contribution in [0.15, 0.2) is 48.5 Å². The normalized spacial score (nSPS) is 18.2. The van der Waals surface area contributed by atoms with Crippen molar-refractivity contribution in [2.75, 3.05) is 10.6 Å². The van der Waals surface area contributed by atoms with Gasteiger partial charge in [0.15, 0.2) is 11.7 Å². The smallest absolute Gasteiger partial charge is 0.410 e. The first-order valence-electron chi connectivity index (χ1n) is 9.41. The maximum Gasteiger partial charge on any atom is 0.410 e. The number of carbonyl (C=O) groups excluding carboxylic acids is 1. The van der Waals surface area contributed by atoms with Crippen molar-refractivity contribution in [2.45, 2.75) is 31.6 Å². The van der Waals surface area contributed by atoms with E-state index in [1.54, 1.807) is 13.0 Å². The van der Waals surface area contributed by atoms with Crippen LogP contribution in [0, 0.1) is 12.7 Å². The molecule has 10 heteroatoms. The monoisotopic (exact) mass is 434 g/mol. The lowest BCUT2D eigenvalue weighted by Gasteiger charge is -2.33. The molecule has 31 heavy (non-hydrogen) atoms. The number of nitrogens with one attached hydrogen (secondary N) is 2. The molecule has 0 saturated carbocycles. The van der Waals surface area contributed by atoms with Gasteiger partial charge in [-0.05, 0) is 42.3 Å². The molecular weight excluding hydrogens is 416 g/mol. The number of benzene rings is 2. The summed E-state index contributed by atoms with van der Waals surface area (Å²) >= 11 is 0. The van der Waals surface area contributed by atoms with Crippen LogP contribution in [-0.2, 0) is 0 Å². The summed E-state index contributed by atoms with van der Waals surface area (Å²) in [7, 11) is 0. The highest BCUT2D eigenvalue weighted by atomic mass is 19.4. The number of hydrogen-bond donors (Lipinski definition) is 3. The Morgan fingerprint density at radius 3 is 2.58 bits per heavy atom. The van der Waals surface area contributed by atoms with E-state index in [9.17, 15) is 27.5 Å². The van der Waals surface area contributed by atoms with Crippen LogP contribution < -0.4 is 10.6 Å². The Morgan fingerprint density at radius 1 is 1.19 bits per heavy atom. The highest BCUT2D eigenvalue weighted by Gasteiger charge is 2.46. The van der Waals surface area contributed by atoms with E-state index in [0.717, 1.165) is 10.2 Å². The van der Waals surface area contributed by atoms with Gasteiger partial charge < -0.3 is 15.7 Å². The standard InChI is InChI=1S/C21H18F4N4O2/c1-11-2-7-17(30)15(8-11)27-20(31)16-10-19-26-14(12-3-5-13(22)6-4-12)9-18(21(23,24)25)29(19)28-16/h2-8,10,14,18,26,30H,9H2,1H3,(H,27,31). The zero-order chi connectivity index (χ0) is 22.3. The van der Waals surface area contributed by atoms with Crippen molar-refractivity contribution in [3.63, 3.8) is 0 Å². The minimum Gasteiger partial charge on any atom is -0.506 e. The number of aryl methyl sites for hydroxylation is 1. The maximum absolute atomic E-state index is 13.7. The molecule has 6 nitrogen and oxygen atoms in total. The molecule has 1 aliphatic rings. The minimum atomic E-state index is -4.61. The number of anilines is 2. The van der Waals surface area contributed by atoms with Crippen LogP contribution in [0.25, 0.3) is 0 Å². The SMILES string of the molecule is Cc1ccc(O)c(NC(=O)c2cc3n(n2)C(C(F)(F)F)CC(c2ccc(F)cc2)N3)c1. The number of amides is 1. The van der Waals surface area contributed by atoms with Gasteiger partial charge in [0.05, 0.1) is 11.7 Å². The molecule has 0 bridgehead atoms. The molecule has 0 spiro atoms. The number of phenols is 1. The van der Waals surface area contributed by atoms with Gasteiger partial charge in [0.25, 0.3) is 5.91 Å². The Hall–Kier alpha value is -3.56. The second-order valence-electron chi connectivity index (χ2n) is 7.38. The van der Waals surface area contributed by atoms with Crippen molar-refractivity contribution in [1.82, 2.24) is 9.78 Å². The predicted octanol–water partition coefficient (Wildman–Crippen LogP) is 4.95. The number of alkyl halides is 3. The molecule has 3 N–H and O–H groups in total. The number of nitrogens with zero attached hydrogens (tertiary/aromatic N) is 2. The molecule has 3 aromatic rings. The largest absolute Gasteiger partial charge is 0.506 e. The number of carbonyl (C=O) groups is 1. The summed E-state index contributed by atoms with van der Waals surface area (Å²) in [5.74, 6) is -1.41. The number of hydrogen-bond acceptors (Lipinski definition) is 4. The highest BCUT2D eigenvalue weighted by Crippen LogP contribution is 2.43. The van der Waals surface area contributed by atoms with Gasteiger partial charge in [-0.3, -0.25) is 4.79 Å². The van der Waals surface area contributed by atoms with Gasteiger partial charge in [-0.2, -0.15) is 18.3 Å². The van der Waals surface area contributed by atoms with E-state index in [1.807, 2.05) is 0 Å². The fraction of sp³-hybridized carbons (Fsp3) is 0.238. The highest BCUT2D eigenvalue weighted by molar-refractivity contribution is 6.04. The average molecular weight is 434 g/mol. The van der Waals surface area contributed by atoms with E-state index < -0.39 is 30.0 Å². The van der Waals surface area contributed by atoms with Crippen LogP contribution in [0.2, 0.25) is 0 Å². The van der Waals surface area contributed by atoms with E-state index >= 15 is 0 Å². The Morgan fingerprint density at radius 2 is 1.90 bits per heavy atom. The number of fused-ring (bicyclic) bond motifs is 1. The summed E-state index contributed by atoms with van der Waals surface area (Å²) in [5, 5.41) is 19.2. The van der Waals surface area contributed by atoms with Crippen LogP contribution in [0.1, 0.15) is 40.1 Å². The van der Waals surface area contributed by atoms with Crippen molar-refractivity contribution >= 4 is 17.4 Å². The lowest BCUT2D eigenvalue weighted by Crippen LogP contribution is -2.35. The summed E-state index contributed by atoms with van der Waals surface area (Å²) in [4.78, 5) is 12.6. The quantitative estimate of drug-likeness (QED) is 0.403. The molecule has 4 rings (SSSR count). The van der Waals surface area contributed by atoms with Gasteiger partial charge in [-0.25, -0.2) is 9.07 Å². The third kappa shape index (κ3) is 4.18. The summed E-state index contributed by atoms with van der Waals surface area (Å²) in [5.41, 5.74) is 1.15. The molecule has 2 unspecified atom stereocenters. The summed E-state index contributed by atoms with van der Waals surface area (Å²) in [6.45, 7) is 1.76. The van der Waals surface area contributed by atoms with Gasteiger partial charge in [-0.1, -0.05) is 18.2 Å². The molecule has 2 atom stereocenters. The zero-order valence-electron chi connectivity index (χ0n) is 16.2. The predicted molar refractivity (Wildman–Crippen MR) is 105 cm³/mol. The molecule has 0 aliphatic carbocycles. The van der Waals surface area contributed by atoms with E-state index in [0.29, 0.717) is 5.56 Å². The molecule has 0 radical (unpaired) electrons. The lowest BCUT2D eigenvalue weighted by molar-refractivity contribution is -0.173. The van der Waals surface area contributed by atoms with Gasteiger partial charge in [0, 0.05) is 12.5 Å². The number of rotatable bonds is 3. The first kappa shape index (κ1) is 20.7. The zero-order valence-corrected chi connectivity index (χ0v) is 16.2. The van der Waals surface area contributed by atoms with E-state index in [4.69, 9.17) is 0 Å². The first-order valence-corrected chi connectivity index (χ1v) is 9.41. The number of aromatic nitrogens is 2. The molecule has 0 saturated heterocycles. The van der Waals surface area contributed by atoms with Gasteiger partial charge in [0.1, 0.15) is 17.4 Å². The lowest BCUT2D eigenvalue weighted by atomic mass is 9.97. The van der Waals surface area contributed by atoms with Gasteiger partial charge in [-0.15, -0.1) is 0 Å². The molecular formula is C21H18F4N4O2. The molecule has 1 amide bonds. The average Bonchev–Trinajstić information content (AvgIpc) is 3.14. The van der Waals surface area contributed by atoms with Crippen LogP contribution in [-0.4, -0.2) is 27.0 Å². The maximum atomic E-state index is 13.7. The number of halogens is 4. The molecule has 0 fully saturated rings. The molecule has 162 valence electrons. The Kier molecular flexibility index (Phi) is 5.08. The van der Waals surface area contributed by atoms with Crippen LogP contribution in [0.3, 0.4) is 0 Å². The molecule has 1 aromatic heterocycles. The van der Waals surface area contributed by atoms with E-state index in [2.05, 4.69) is 15.7 Å². The minimum absolute atomic E-state index is 0.0153. The van der Waals surface area contributed by atoms with Gasteiger partial charge in [0.2, 0.25) is 0 Å². The Bertz CT molecular complexity index is 1130. The second-order valence-corrected chi connectivity index (χ2v) is 7.38. The Balaban J connectivity index is 1.65. The molecule has 2 heterocycles. The van der Waals surface area contributed by atoms with E-state index in [-0.39, 0.29) is 29.4 Å². The summed E-state index contributed by atoms with van der Waals surface area (Å²) < 4.78 is 55.2. The van der Waals surface area contributed by atoms with Gasteiger partial charge >= 0.3 is 6.18 Å². The number of aromatic hydroxyl groups is 1. The Labute approximate surface area is 174 Å². The molecule has 2 aromatic carbocycles. The van der Waals surface area contributed by atoms with Crippen LogP contribution in [0.5, 0.6) is 5.75 Å². The summed E-state index contributed by atoms with van der Waals surface area (Å²) in [6.07, 6.45) is -4.98. The third-order valence-corrected chi connectivity index (χ3v) is 5.10. The van der Waals surface area contributed by atoms with Crippen molar-refractivity contribution in [3.05, 3.63) is 71.2 Å². The fourth-order valence-corrected chi connectivity index (χ4v) is 3.53. The molecule has 1 aliphatic heterocycles. The fourth-order valence-electron chi connectivity index (χ4n) is 3.53. The first-order chi connectivity index (χ1) is 14.6. The van der Waals surface area contributed by atoms with Crippen molar-refractivity contribution < 1.29 is 27.5 Å². The second kappa shape index (κ2) is 7.60. The number of phenolic OH excluding ortho intramolecular Hbond substituents is 1. The van der Waals surface area contributed by atoms with Crippen LogP contribution in [0.4, 0.5) is 29.1 Å². The summed E-state index contributed by atoms with van der Waals surface area (Å²) in [6, 6.07) is 8.28. The van der Waals surface area contributed by atoms with Crippen molar-refractivity contribution in [3.8, 4) is 5.75 Å². The van der Waals surface area contributed by atoms with Crippen molar-refractivity contribution in [1.29, 1.82) is 0 Å². The topological polar surface area (TPSA) is 79.2 Å². The van der Waals surface area contributed by atoms with Crippen molar-refractivity contribution in [2.24, 2.45) is 0 Å². The van der Waals surface area contributed by atoms with E-state index in [1.165, 1.54) is 42.5 Å².